The predicted octanol–water partition coefficient (Wildman–Crippen LogP) is 3.69. The Bertz CT molecular complexity index is 757. The maximum absolute atomic E-state index is 13.8. The third-order valence-corrected chi connectivity index (χ3v) is 3.61. The molecule has 1 N–H and O–H groups in total. The highest BCUT2D eigenvalue weighted by atomic mass is 19.1. The zero-order valence-corrected chi connectivity index (χ0v) is 11.7. The Hall–Kier alpha value is -2.20. The van der Waals surface area contributed by atoms with Crippen molar-refractivity contribution < 1.29 is 8.78 Å². The Kier molecular flexibility index (Phi) is 3.71. The number of halogens is 2. The van der Waals surface area contributed by atoms with Crippen molar-refractivity contribution in [3.8, 4) is 0 Å². The van der Waals surface area contributed by atoms with Gasteiger partial charge < -0.3 is 9.88 Å². The van der Waals surface area contributed by atoms with Crippen LogP contribution in [0.2, 0.25) is 0 Å². The SMILES string of the molecule is CNCc1ccc2ccn(Cc3c(F)cccc3F)c2c1. The second-order valence-corrected chi connectivity index (χ2v) is 5.07. The number of benzene rings is 2. The molecule has 3 rings (SSSR count). The minimum absolute atomic E-state index is 0.0917. The van der Waals surface area contributed by atoms with Gasteiger partial charge in [0.15, 0.2) is 0 Å². The quantitative estimate of drug-likeness (QED) is 0.774. The van der Waals surface area contributed by atoms with Crippen molar-refractivity contribution >= 4 is 10.9 Å². The monoisotopic (exact) mass is 286 g/mol. The van der Waals surface area contributed by atoms with E-state index in [2.05, 4.69) is 5.32 Å². The first kappa shape index (κ1) is 13.8. The molecule has 0 unspecified atom stereocenters. The van der Waals surface area contributed by atoms with Crippen LogP contribution in [0, 0.1) is 11.6 Å². The Balaban J connectivity index is 2.02. The van der Waals surface area contributed by atoms with E-state index in [4.69, 9.17) is 0 Å². The van der Waals surface area contributed by atoms with Gasteiger partial charge in [0.25, 0.3) is 0 Å². The van der Waals surface area contributed by atoms with Crippen LogP contribution in [-0.4, -0.2) is 11.6 Å². The molecule has 0 aliphatic rings. The Morgan fingerprint density at radius 3 is 2.52 bits per heavy atom. The Labute approximate surface area is 122 Å². The van der Waals surface area contributed by atoms with Crippen molar-refractivity contribution in [1.82, 2.24) is 9.88 Å². The second-order valence-electron chi connectivity index (χ2n) is 5.07. The summed E-state index contributed by atoms with van der Waals surface area (Å²) in [5.74, 6) is -1.02. The van der Waals surface area contributed by atoms with Crippen LogP contribution in [0.3, 0.4) is 0 Å². The average molecular weight is 286 g/mol. The first-order valence-corrected chi connectivity index (χ1v) is 6.84. The summed E-state index contributed by atoms with van der Waals surface area (Å²) in [6, 6.07) is 12.0. The van der Waals surface area contributed by atoms with Crippen molar-refractivity contribution in [3.63, 3.8) is 0 Å². The molecule has 0 saturated heterocycles. The summed E-state index contributed by atoms with van der Waals surface area (Å²) in [6.45, 7) is 0.945. The summed E-state index contributed by atoms with van der Waals surface area (Å²) in [7, 11) is 1.89. The van der Waals surface area contributed by atoms with Gasteiger partial charge in [-0.1, -0.05) is 18.2 Å². The number of fused-ring (bicyclic) bond motifs is 1. The van der Waals surface area contributed by atoms with E-state index in [0.29, 0.717) is 0 Å². The molecule has 0 saturated carbocycles. The van der Waals surface area contributed by atoms with Crippen LogP contribution in [-0.2, 0) is 13.1 Å². The van der Waals surface area contributed by atoms with Gasteiger partial charge in [0.1, 0.15) is 11.6 Å². The number of nitrogens with zero attached hydrogens (tertiary/aromatic N) is 1. The molecular formula is C17H16F2N2. The summed E-state index contributed by atoms with van der Waals surface area (Å²) < 4.78 is 29.4. The molecule has 0 aliphatic carbocycles. The van der Waals surface area contributed by atoms with E-state index in [0.717, 1.165) is 23.0 Å². The number of hydrogen-bond acceptors (Lipinski definition) is 1. The minimum atomic E-state index is -0.511. The fraction of sp³-hybridized carbons (Fsp3) is 0.176. The molecular weight excluding hydrogens is 270 g/mol. The summed E-state index contributed by atoms with van der Waals surface area (Å²) >= 11 is 0. The summed E-state index contributed by atoms with van der Waals surface area (Å²) in [5.41, 5.74) is 2.21. The van der Waals surface area contributed by atoms with Gasteiger partial charge in [0.2, 0.25) is 0 Å². The molecule has 0 amide bonds. The van der Waals surface area contributed by atoms with E-state index >= 15 is 0 Å². The largest absolute Gasteiger partial charge is 0.343 e. The van der Waals surface area contributed by atoms with Gasteiger partial charge in [-0.05, 0) is 42.3 Å². The van der Waals surface area contributed by atoms with Gasteiger partial charge in [-0.25, -0.2) is 8.78 Å². The van der Waals surface area contributed by atoms with Crippen LogP contribution in [0.4, 0.5) is 8.78 Å². The lowest BCUT2D eigenvalue weighted by atomic mass is 10.1. The molecule has 3 aromatic rings. The Morgan fingerprint density at radius 1 is 1.05 bits per heavy atom. The van der Waals surface area contributed by atoms with Crippen LogP contribution >= 0.6 is 0 Å². The van der Waals surface area contributed by atoms with Gasteiger partial charge in [0, 0.05) is 23.8 Å². The van der Waals surface area contributed by atoms with Crippen molar-refractivity contribution in [2.24, 2.45) is 0 Å². The standard InChI is InChI=1S/C17H16F2N2/c1-20-10-12-5-6-13-7-8-21(17(13)9-12)11-14-15(18)3-2-4-16(14)19/h2-9,20H,10-11H2,1H3. The molecule has 0 fully saturated rings. The molecule has 0 atom stereocenters. The molecule has 0 aliphatic heterocycles. The van der Waals surface area contributed by atoms with E-state index < -0.39 is 11.6 Å². The molecule has 2 nitrogen and oxygen atoms in total. The maximum atomic E-state index is 13.8. The van der Waals surface area contributed by atoms with Crippen molar-refractivity contribution in [3.05, 3.63) is 71.4 Å². The van der Waals surface area contributed by atoms with Gasteiger partial charge in [-0.2, -0.15) is 0 Å². The highest BCUT2D eigenvalue weighted by Crippen LogP contribution is 2.21. The zero-order chi connectivity index (χ0) is 14.8. The normalized spacial score (nSPS) is 11.2. The van der Waals surface area contributed by atoms with Crippen molar-refractivity contribution in [2.75, 3.05) is 7.05 Å². The van der Waals surface area contributed by atoms with Gasteiger partial charge in [0.05, 0.1) is 6.54 Å². The van der Waals surface area contributed by atoms with Crippen LogP contribution in [0.5, 0.6) is 0 Å². The highest BCUT2D eigenvalue weighted by molar-refractivity contribution is 5.81. The molecule has 2 aromatic carbocycles. The molecule has 108 valence electrons. The third kappa shape index (κ3) is 2.67. The lowest BCUT2D eigenvalue weighted by Crippen LogP contribution is -2.06. The van der Waals surface area contributed by atoms with E-state index in [1.54, 1.807) is 0 Å². The summed E-state index contributed by atoms with van der Waals surface area (Å²) in [6.07, 6.45) is 1.86. The highest BCUT2D eigenvalue weighted by Gasteiger charge is 2.10. The number of nitrogens with one attached hydrogen (secondary N) is 1. The van der Waals surface area contributed by atoms with Crippen LogP contribution in [0.1, 0.15) is 11.1 Å². The summed E-state index contributed by atoms with van der Waals surface area (Å²) in [4.78, 5) is 0. The fourth-order valence-corrected chi connectivity index (χ4v) is 2.54. The van der Waals surface area contributed by atoms with E-state index in [1.807, 2.05) is 42.1 Å². The topological polar surface area (TPSA) is 17.0 Å². The van der Waals surface area contributed by atoms with Crippen LogP contribution in [0.15, 0.2) is 48.7 Å². The zero-order valence-electron chi connectivity index (χ0n) is 11.7. The van der Waals surface area contributed by atoms with Gasteiger partial charge in [-0.15, -0.1) is 0 Å². The number of aromatic nitrogens is 1. The molecule has 4 heteroatoms. The Morgan fingerprint density at radius 2 is 1.81 bits per heavy atom. The lowest BCUT2D eigenvalue weighted by molar-refractivity contribution is 0.547. The molecule has 0 bridgehead atoms. The second kappa shape index (κ2) is 5.66. The molecule has 0 spiro atoms. The lowest BCUT2D eigenvalue weighted by Gasteiger charge is -2.09. The summed E-state index contributed by atoms with van der Waals surface area (Å²) in [5, 5.41) is 4.16. The number of rotatable bonds is 4. The van der Waals surface area contributed by atoms with E-state index in [9.17, 15) is 8.78 Å². The first-order chi connectivity index (χ1) is 10.2. The van der Waals surface area contributed by atoms with Crippen LogP contribution < -0.4 is 5.32 Å². The van der Waals surface area contributed by atoms with Crippen molar-refractivity contribution in [2.45, 2.75) is 13.1 Å². The molecule has 0 radical (unpaired) electrons. The smallest absolute Gasteiger partial charge is 0.131 e. The first-order valence-electron chi connectivity index (χ1n) is 6.84. The predicted molar refractivity (Wildman–Crippen MR) is 80.2 cm³/mol. The van der Waals surface area contributed by atoms with E-state index in [1.165, 1.54) is 18.2 Å². The maximum Gasteiger partial charge on any atom is 0.131 e. The van der Waals surface area contributed by atoms with Crippen LogP contribution in [0.25, 0.3) is 10.9 Å². The average Bonchev–Trinajstić information content (AvgIpc) is 2.86. The number of hydrogen-bond donors (Lipinski definition) is 1. The minimum Gasteiger partial charge on any atom is -0.343 e. The molecule has 1 heterocycles. The van der Waals surface area contributed by atoms with E-state index in [-0.39, 0.29) is 12.1 Å². The van der Waals surface area contributed by atoms with Gasteiger partial charge >= 0.3 is 0 Å². The molecule has 1 aromatic heterocycles. The van der Waals surface area contributed by atoms with Crippen molar-refractivity contribution in [1.29, 1.82) is 0 Å². The molecule has 21 heavy (non-hydrogen) atoms. The third-order valence-electron chi connectivity index (χ3n) is 3.61. The van der Waals surface area contributed by atoms with Gasteiger partial charge in [-0.3, -0.25) is 0 Å². The fourth-order valence-electron chi connectivity index (χ4n) is 2.54.